The fraction of sp³-hybridized carbons (Fsp3) is 0. The third-order valence-corrected chi connectivity index (χ3v) is 1.16. The van der Waals surface area contributed by atoms with Gasteiger partial charge in [-0.2, -0.15) is 0 Å². The molecule has 3 nitrogen and oxygen atoms in total. The maximum atomic E-state index is 10.3. The summed E-state index contributed by atoms with van der Waals surface area (Å²) in [6.45, 7) is 0. The number of H-pyrrole nitrogens is 1. The van der Waals surface area contributed by atoms with Crippen LogP contribution in [-0.2, 0) is 0 Å². The molecule has 0 saturated carbocycles. The summed E-state index contributed by atoms with van der Waals surface area (Å²) < 4.78 is 1.28. The monoisotopic (exact) mass is 162 g/mol. The van der Waals surface area contributed by atoms with Crippen LogP contribution in [-0.4, -0.2) is 8.58 Å². The molecule has 38 valence electrons. The van der Waals surface area contributed by atoms with E-state index in [0.717, 1.165) is 0 Å². The van der Waals surface area contributed by atoms with Gasteiger partial charge in [0.05, 0.1) is 16.1 Å². The van der Waals surface area contributed by atoms with E-state index in [1.54, 1.807) is 12.4 Å². The summed E-state index contributed by atoms with van der Waals surface area (Å²) >= 11 is 2.94. The summed E-state index contributed by atoms with van der Waals surface area (Å²) in [4.78, 5) is 12.7. The van der Waals surface area contributed by atoms with Gasteiger partial charge in [0.15, 0.2) is 0 Å². The Morgan fingerprint density at radius 1 is 1.86 bits per heavy atom. The van der Waals surface area contributed by atoms with E-state index in [1.165, 1.54) is 3.59 Å². The Labute approximate surface area is 48.3 Å². The van der Waals surface area contributed by atoms with Crippen molar-refractivity contribution in [3.05, 3.63) is 22.9 Å². The van der Waals surface area contributed by atoms with E-state index in [-0.39, 0.29) is 5.69 Å². The predicted molar refractivity (Wildman–Crippen MR) is 29.4 cm³/mol. The Kier molecular flexibility index (Phi) is 1.02. The molecule has 0 aliphatic heterocycles. The maximum absolute atomic E-state index is 10.3. The molecule has 0 aliphatic rings. The number of aromatic amines is 1. The van der Waals surface area contributed by atoms with Crippen molar-refractivity contribution in [3.8, 4) is 0 Å². The molecule has 0 fully saturated rings. The molecule has 0 unspecified atom stereocenters. The van der Waals surface area contributed by atoms with Crippen LogP contribution in [0.25, 0.3) is 0 Å². The first kappa shape index (κ1) is 4.64. The number of nitrogens with zero attached hydrogens (tertiary/aromatic N) is 1. The highest BCUT2D eigenvalue weighted by atomic mass is 79.9. The molecule has 1 rings (SSSR count). The highest BCUT2D eigenvalue weighted by molar-refractivity contribution is 9.08. The molecule has 4 heteroatoms. The van der Waals surface area contributed by atoms with Gasteiger partial charge in [0, 0.05) is 12.4 Å². The van der Waals surface area contributed by atoms with E-state index < -0.39 is 0 Å². The maximum Gasteiger partial charge on any atom is 0.335 e. The molecule has 0 amide bonds. The van der Waals surface area contributed by atoms with Crippen LogP contribution in [0, 0.1) is 0 Å². The van der Waals surface area contributed by atoms with Crippen LogP contribution in [0.1, 0.15) is 0 Å². The average molecular weight is 163 g/mol. The van der Waals surface area contributed by atoms with Gasteiger partial charge in [0.1, 0.15) is 0 Å². The molecular formula is C3H3BrN2O. The largest absolute Gasteiger partial charge is 0.335 e. The van der Waals surface area contributed by atoms with E-state index in [9.17, 15) is 4.79 Å². The van der Waals surface area contributed by atoms with Gasteiger partial charge >= 0.3 is 5.69 Å². The molecule has 1 aromatic heterocycles. The molecule has 0 spiro atoms. The van der Waals surface area contributed by atoms with E-state index in [4.69, 9.17) is 0 Å². The molecule has 7 heavy (non-hydrogen) atoms. The highest BCUT2D eigenvalue weighted by Crippen LogP contribution is 1.80. The lowest BCUT2D eigenvalue weighted by atomic mass is 11.0. The Bertz CT molecular complexity index is 201. The quantitative estimate of drug-likeness (QED) is 0.588. The summed E-state index contributed by atoms with van der Waals surface area (Å²) in [5, 5.41) is 0. The Hall–Kier alpha value is -0.510. The van der Waals surface area contributed by atoms with Gasteiger partial charge in [-0.05, 0) is 0 Å². The van der Waals surface area contributed by atoms with Crippen molar-refractivity contribution in [1.29, 1.82) is 0 Å². The van der Waals surface area contributed by atoms with Crippen molar-refractivity contribution in [2.75, 3.05) is 0 Å². The van der Waals surface area contributed by atoms with Gasteiger partial charge in [-0.1, -0.05) is 0 Å². The fourth-order valence-electron chi connectivity index (χ4n) is 0.303. The van der Waals surface area contributed by atoms with Gasteiger partial charge in [0.2, 0.25) is 0 Å². The second kappa shape index (κ2) is 1.54. The van der Waals surface area contributed by atoms with Gasteiger partial charge in [0.25, 0.3) is 0 Å². The third kappa shape index (κ3) is 0.742. The summed E-state index contributed by atoms with van der Waals surface area (Å²) in [5.41, 5.74) is -0.153. The van der Waals surface area contributed by atoms with Crippen molar-refractivity contribution >= 4 is 16.1 Å². The molecule has 0 aliphatic carbocycles. The van der Waals surface area contributed by atoms with Crippen molar-refractivity contribution in [2.45, 2.75) is 0 Å². The van der Waals surface area contributed by atoms with Crippen LogP contribution in [0.3, 0.4) is 0 Å². The average Bonchev–Trinajstić information content (AvgIpc) is 1.91. The summed E-state index contributed by atoms with van der Waals surface area (Å²) in [6.07, 6.45) is 3.14. The number of nitrogens with one attached hydrogen (secondary N) is 1. The first-order valence-corrected chi connectivity index (χ1v) is 2.44. The SMILES string of the molecule is O=c1[nH]ccn1Br. The molecule has 0 aromatic carbocycles. The lowest BCUT2D eigenvalue weighted by Crippen LogP contribution is -2.06. The second-order valence-corrected chi connectivity index (χ2v) is 1.84. The lowest BCUT2D eigenvalue weighted by molar-refractivity contribution is 1.14. The topological polar surface area (TPSA) is 37.8 Å². The highest BCUT2D eigenvalue weighted by Gasteiger charge is 1.83. The Morgan fingerprint density at radius 2 is 2.57 bits per heavy atom. The number of aromatic nitrogens is 2. The van der Waals surface area contributed by atoms with E-state index in [1.807, 2.05) is 0 Å². The first-order chi connectivity index (χ1) is 3.30. The first-order valence-electron chi connectivity index (χ1n) is 1.73. The van der Waals surface area contributed by atoms with Gasteiger partial charge in [-0.25, -0.2) is 8.39 Å². The number of rotatable bonds is 0. The predicted octanol–water partition coefficient (Wildman–Crippen LogP) is 0.334. The fourth-order valence-corrected chi connectivity index (χ4v) is 0.524. The second-order valence-electron chi connectivity index (χ2n) is 1.08. The Balaban J connectivity index is 3.39. The number of halogens is 1. The summed E-state index contributed by atoms with van der Waals surface area (Å²) in [6, 6.07) is 0. The minimum Gasteiger partial charge on any atom is -0.312 e. The van der Waals surface area contributed by atoms with Gasteiger partial charge in [-0.15, -0.1) is 0 Å². The summed E-state index contributed by atoms with van der Waals surface area (Å²) in [5.74, 6) is 0. The molecule has 0 radical (unpaired) electrons. The molecule has 0 saturated heterocycles. The normalized spacial score (nSPS) is 9.29. The molecule has 1 heterocycles. The zero-order valence-corrected chi connectivity index (χ0v) is 4.97. The van der Waals surface area contributed by atoms with Crippen LogP contribution in [0.15, 0.2) is 17.2 Å². The van der Waals surface area contributed by atoms with E-state index in [0.29, 0.717) is 0 Å². The van der Waals surface area contributed by atoms with Crippen molar-refractivity contribution in [3.63, 3.8) is 0 Å². The van der Waals surface area contributed by atoms with Crippen molar-refractivity contribution < 1.29 is 0 Å². The Morgan fingerprint density at radius 3 is 2.71 bits per heavy atom. The van der Waals surface area contributed by atoms with Crippen LogP contribution in [0.5, 0.6) is 0 Å². The van der Waals surface area contributed by atoms with Crippen molar-refractivity contribution in [2.24, 2.45) is 0 Å². The van der Waals surface area contributed by atoms with Crippen LogP contribution in [0.4, 0.5) is 0 Å². The molecule has 0 atom stereocenters. The standard InChI is InChI=1S/C3H3BrN2O/c4-6-2-1-5-3(6)7/h1-2H,(H,5,7). The van der Waals surface area contributed by atoms with Crippen LogP contribution in [0.2, 0.25) is 0 Å². The number of hydrogen-bond acceptors (Lipinski definition) is 1. The van der Waals surface area contributed by atoms with Crippen LogP contribution < -0.4 is 5.69 Å². The smallest absolute Gasteiger partial charge is 0.312 e. The summed E-state index contributed by atoms with van der Waals surface area (Å²) in [7, 11) is 0. The zero-order chi connectivity index (χ0) is 5.28. The number of hydrogen-bond donors (Lipinski definition) is 1. The molecular weight excluding hydrogens is 160 g/mol. The number of imidazole rings is 1. The van der Waals surface area contributed by atoms with Gasteiger partial charge < -0.3 is 4.98 Å². The van der Waals surface area contributed by atoms with Crippen LogP contribution >= 0.6 is 16.1 Å². The molecule has 1 aromatic rings. The minimum atomic E-state index is -0.153. The third-order valence-electron chi connectivity index (χ3n) is 0.606. The van der Waals surface area contributed by atoms with Gasteiger partial charge in [-0.3, -0.25) is 0 Å². The molecule has 0 bridgehead atoms. The zero-order valence-electron chi connectivity index (χ0n) is 3.39. The van der Waals surface area contributed by atoms with E-state index in [2.05, 4.69) is 21.1 Å². The minimum absolute atomic E-state index is 0.153. The van der Waals surface area contributed by atoms with Crippen molar-refractivity contribution in [1.82, 2.24) is 8.58 Å². The van der Waals surface area contributed by atoms with E-state index >= 15 is 0 Å². The lowest BCUT2D eigenvalue weighted by Gasteiger charge is -1.72. The molecule has 1 N–H and O–H groups in total.